The van der Waals surface area contributed by atoms with E-state index in [-0.39, 0.29) is 5.54 Å². The van der Waals surface area contributed by atoms with Gasteiger partial charge >= 0.3 is 0 Å². The summed E-state index contributed by atoms with van der Waals surface area (Å²) in [5.74, 6) is 1.66. The normalized spacial score (nSPS) is 13.3. The van der Waals surface area contributed by atoms with E-state index in [2.05, 4.69) is 33.0 Å². The van der Waals surface area contributed by atoms with Crippen LogP contribution >= 0.6 is 0 Å². The van der Waals surface area contributed by atoms with Crippen molar-refractivity contribution in [2.75, 3.05) is 13.2 Å². The molecule has 1 atom stereocenters. The molecular weight excluding hydrogens is 222 g/mol. The molecule has 0 aromatic heterocycles. The van der Waals surface area contributed by atoms with Gasteiger partial charge in [-0.25, -0.2) is 0 Å². The Kier molecular flexibility index (Phi) is 6.20. The zero-order valence-electron chi connectivity index (χ0n) is 12.2. The lowest BCUT2D eigenvalue weighted by Crippen LogP contribution is -2.39. The van der Waals surface area contributed by atoms with Crippen molar-refractivity contribution in [2.45, 2.75) is 46.1 Å². The van der Waals surface area contributed by atoms with Crippen LogP contribution in [0.3, 0.4) is 0 Å². The van der Waals surface area contributed by atoms with Crippen LogP contribution in [0.25, 0.3) is 0 Å². The minimum Gasteiger partial charge on any atom is -0.494 e. The lowest BCUT2D eigenvalue weighted by Gasteiger charge is -2.24. The fraction of sp³-hybridized carbons (Fsp3) is 0.625. The molecule has 0 heterocycles. The fourth-order valence-electron chi connectivity index (χ4n) is 1.76. The molecule has 2 nitrogen and oxygen atoms in total. The lowest BCUT2D eigenvalue weighted by molar-refractivity contribution is 0.261. The second-order valence-electron chi connectivity index (χ2n) is 5.86. The van der Waals surface area contributed by atoms with Gasteiger partial charge in [0.25, 0.3) is 0 Å². The first-order chi connectivity index (χ1) is 8.51. The Balaban J connectivity index is 2.23. The van der Waals surface area contributed by atoms with Gasteiger partial charge in [-0.15, -0.1) is 0 Å². The third-order valence-corrected chi connectivity index (χ3v) is 3.04. The Morgan fingerprint density at radius 1 is 1.17 bits per heavy atom. The summed E-state index contributed by atoms with van der Waals surface area (Å²) in [4.78, 5) is 0. The molecule has 0 aliphatic rings. The summed E-state index contributed by atoms with van der Waals surface area (Å²) in [7, 11) is 0. The summed E-state index contributed by atoms with van der Waals surface area (Å²) >= 11 is 0. The number of ether oxygens (including phenoxy) is 1. The van der Waals surface area contributed by atoms with E-state index in [0.29, 0.717) is 5.92 Å². The second kappa shape index (κ2) is 7.42. The zero-order chi connectivity index (χ0) is 13.4. The first-order valence-electron chi connectivity index (χ1n) is 6.94. The lowest BCUT2D eigenvalue weighted by atomic mass is 10.0. The molecule has 0 fully saturated rings. The van der Waals surface area contributed by atoms with Gasteiger partial charge in [-0.2, -0.15) is 0 Å². The van der Waals surface area contributed by atoms with Crippen molar-refractivity contribution in [3.63, 3.8) is 0 Å². The average molecular weight is 249 g/mol. The van der Waals surface area contributed by atoms with Crippen molar-refractivity contribution in [1.82, 2.24) is 5.32 Å². The zero-order valence-corrected chi connectivity index (χ0v) is 12.2. The van der Waals surface area contributed by atoms with Crippen molar-refractivity contribution in [2.24, 2.45) is 5.92 Å². The van der Waals surface area contributed by atoms with Crippen LogP contribution in [-0.2, 0) is 0 Å². The van der Waals surface area contributed by atoms with Gasteiger partial charge in [0.15, 0.2) is 0 Å². The SMILES string of the molecule is CCC(CCOc1ccccc1)CNC(C)(C)C. The summed E-state index contributed by atoms with van der Waals surface area (Å²) in [6.07, 6.45) is 2.30. The second-order valence-corrected chi connectivity index (χ2v) is 5.86. The van der Waals surface area contributed by atoms with Crippen LogP contribution in [-0.4, -0.2) is 18.7 Å². The summed E-state index contributed by atoms with van der Waals surface area (Å²) in [6.45, 7) is 10.7. The molecule has 0 saturated heterocycles. The summed E-state index contributed by atoms with van der Waals surface area (Å²) in [5.41, 5.74) is 0.202. The van der Waals surface area contributed by atoms with Crippen molar-refractivity contribution >= 4 is 0 Å². The maximum absolute atomic E-state index is 5.74. The molecule has 1 aromatic carbocycles. The first kappa shape index (κ1) is 15.0. The highest BCUT2D eigenvalue weighted by molar-refractivity contribution is 5.20. The topological polar surface area (TPSA) is 21.3 Å². The Hall–Kier alpha value is -1.02. The first-order valence-corrected chi connectivity index (χ1v) is 6.94. The maximum Gasteiger partial charge on any atom is 0.119 e. The van der Waals surface area contributed by atoms with Gasteiger partial charge in [0, 0.05) is 5.54 Å². The summed E-state index contributed by atoms with van der Waals surface area (Å²) in [6, 6.07) is 10.0. The standard InChI is InChI=1S/C16H27NO/c1-5-14(13-17-16(2,3)4)11-12-18-15-9-7-6-8-10-15/h6-10,14,17H,5,11-13H2,1-4H3. The van der Waals surface area contributed by atoms with Crippen LogP contribution in [0.2, 0.25) is 0 Å². The third kappa shape index (κ3) is 6.65. The minimum absolute atomic E-state index is 0.202. The molecule has 0 aliphatic heterocycles. The number of benzene rings is 1. The Morgan fingerprint density at radius 2 is 1.83 bits per heavy atom. The molecule has 0 saturated carbocycles. The smallest absolute Gasteiger partial charge is 0.119 e. The maximum atomic E-state index is 5.74. The molecule has 102 valence electrons. The fourth-order valence-corrected chi connectivity index (χ4v) is 1.76. The monoisotopic (exact) mass is 249 g/mol. The van der Waals surface area contributed by atoms with Gasteiger partial charge in [0.05, 0.1) is 6.61 Å². The number of hydrogen-bond acceptors (Lipinski definition) is 2. The van der Waals surface area contributed by atoms with Crippen LogP contribution in [0.15, 0.2) is 30.3 Å². The molecule has 1 unspecified atom stereocenters. The predicted octanol–water partition coefficient (Wildman–Crippen LogP) is 3.87. The van der Waals surface area contributed by atoms with E-state index < -0.39 is 0 Å². The van der Waals surface area contributed by atoms with Gasteiger partial charge in [-0.1, -0.05) is 31.5 Å². The van der Waals surface area contributed by atoms with Gasteiger partial charge in [0.2, 0.25) is 0 Å². The summed E-state index contributed by atoms with van der Waals surface area (Å²) in [5, 5.41) is 3.57. The van der Waals surface area contributed by atoms with E-state index in [1.807, 2.05) is 30.3 Å². The van der Waals surface area contributed by atoms with Crippen LogP contribution in [0.4, 0.5) is 0 Å². The van der Waals surface area contributed by atoms with Gasteiger partial charge < -0.3 is 10.1 Å². The number of para-hydroxylation sites is 1. The van der Waals surface area contributed by atoms with E-state index in [4.69, 9.17) is 4.74 Å². The van der Waals surface area contributed by atoms with E-state index in [1.165, 1.54) is 6.42 Å². The van der Waals surface area contributed by atoms with Gasteiger partial charge in [0.1, 0.15) is 5.75 Å². The summed E-state index contributed by atoms with van der Waals surface area (Å²) < 4.78 is 5.74. The molecule has 0 aliphatic carbocycles. The van der Waals surface area contributed by atoms with Crippen molar-refractivity contribution in [3.8, 4) is 5.75 Å². The Labute approximate surface area is 112 Å². The largest absolute Gasteiger partial charge is 0.494 e. The highest BCUT2D eigenvalue weighted by Gasteiger charge is 2.12. The van der Waals surface area contributed by atoms with Crippen molar-refractivity contribution in [1.29, 1.82) is 0 Å². The Bertz CT molecular complexity index is 316. The quantitative estimate of drug-likeness (QED) is 0.792. The van der Waals surface area contributed by atoms with Crippen molar-refractivity contribution in [3.05, 3.63) is 30.3 Å². The molecule has 18 heavy (non-hydrogen) atoms. The van der Waals surface area contributed by atoms with Gasteiger partial charge in [-0.3, -0.25) is 0 Å². The molecule has 1 N–H and O–H groups in total. The highest BCUT2D eigenvalue weighted by atomic mass is 16.5. The number of nitrogens with one attached hydrogen (secondary N) is 1. The van der Waals surface area contributed by atoms with E-state index in [9.17, 15) is 0 Å². The van der Waals surface area contributed by atoms with E-state index in [1.54, 1.807) is 0 Å². The highest BCUT2D eigenvalue weighted by Crippen LogP contribution is 2.13. The van der Waals surface area contributed by atoms with E-state index >= 15 is 0 Å². The molecule has 1 aromatic rings. The molecule has 1 rings (SSSR count). The van der Waals surface area contributed by atoms with Crippen LogP contribution < -0.4 is 10.1 Å². The molecule has 0 spiro atoms. The Morgan fingerprint density at radius 3 is 2.39 bits per heavy atom. The van der Waals surface area contributed by atoms with E-state index in [0.717, 1.165) is 25.3 Å². The number of rotatable bonds is 7. The predicted molar refractivity (Wildman–Crippen MR) is 78.1 cm³/mol. The molecular formula is C16H27NO. The van der Waals surface area contributed by atoms with Crippen LogP contribution in [0, 0.1) is 5.92 Å². The molecule has 0 amide bonds. The average Bonchev–Trinajstić information content (AvgIpc) is 2.33. The molecule has 2 heteroatoms. The van der Waals surface area contributed by atoms with Crippen molar-refractivity contribution < 1.29 is 4.74 Å². The molecule has 0 radical (unpaired) electrons. The minimum atomic E-state index is 0.202. The number of hydrogen-bond donors (Lipinski definition) is 1. The molecule has 0 bridgehead atoms. The van der Waals surface area contributed by atoms with Crippen LogP contribution in [0.1, 0.15) is 40.5 Å². The third-order valence-electron chi connectivity index (χ3n) is 3.04. The van der Waals surface area contributed by atoms with Crippen LogP contribution in [0.5, 0.6) is 5.75 Å². The van der Waals surface area contributed by atoms with Gasteiger partial charge in [-0.05, 0) is 51.8 Å².